The van der Waals surface area contributed by atoms with Gasteiger partial charge in [-0.25, -0.2) is 0 Å². The van der Waals surface area contributed by atoms with Crippen molar-refractivity contribution in [1.29, 1.82) is 0 Å². The summed E-state index contributed by atoms with van der Waals surface area (Å²) in [6.45, 7) is 0. The smallest absolute Gasteiger partial charge is 0.270 e. The third-order valence-corrected chi connectivity index (χ3v) is 2.90. The summed E-state index contributed by atoms with van der Waals surface area (Å²) >= 11 is 0. The minimum Gasteiger partial charge on any atom is -0.458 e. The van der Waals surface area contributed by atoms with E-state index in [0.29, 0.717) is 11.1 Å². The van der Waals surface area contributed by atoms with Crippen LogP contribution in [0.5, 0.6) is 0 Å². The lowest BCUT2D eigenvalue weighted by Gasteiger charge is -2.23. The Morgan fingerprint density at radius 3 is 2.38 bits per heavy atom. The van der Waals surface area contributed by atoms with Crippen molar-refractivity contribution in [2.45, 2.75) is 6.10 Å². The first-order valence-corrected chi connectivity index (χ1v) is 4.90. The van der Waals surface area contributed by atoms with Gasteiger partial charge in [0.05, 0.1) is 5.92 Å². The number of benzene rings is 1. The number of hydrogen-bond donors (Lipinski definition) is 0. The number of ether oxygens (including phenoxy) is 1. The van der Waals surface area contributed by atoms with Gasteiger partial charge >= 0.3 is 0 Å². The maximum atomic E-state index is 12.9. The fraction of sp³-hybridized carbons (Fsp3) is 0.167. The summed E-state index contributed by atoms with van der Waals surface area (Å²) in [6, 6.07) is 5.65. The average Bonchev–Trinajstić information content (AvgIpc) is 2.68. The minimum absolute atomic E-state index is 0.257. The second kappa shape index (κ2) is 3.01. The summed E-state index contributed by atoms with van der Waals surface area (Å²) in [5.41, 5.74) is 0.667. The largest absolute Gasteiger partial charge is 0.458 e. The first kappa shape index (κ1) is 9.27. The summed E-state index contributed by atoms with van der Waals surface area (Å²) in [5, 5.41) is 0. The Morgan fingerprint density at radius 2 is 1.69 bits per heavy atom. The molecule has 0 fully saturated rings. The zero-order valence-corrected chi connectivity index (χ0v) is 8.14. The normalized spacial score (nSPS) is 26.9. The SMILES string of the molecule is O=C1c2ccccc2C(=O)C2OC(F)=CC12. The van der Waals surface area contributed by atoms with Crippen molar-refractivity contribution < 1.29 is 18.7 Å². The lowest BCUT2D eigenvalue weighted by atomic mass is 9.80. The molecule has 1 aromatic carbocycles. The molecule has 0 spiro atoms. The molecule has 0 radical (unpaired) electrons. The van der Waals surface area contributed by atoms with Crippen LogP contribution < -0.4 is 0 Å². The maximum Gasteiger partial charge on any atom is 0.270 e. The Balaban J connectivity index is 2.18. The van der Waals surface area contributed by atoms with Crippen molar-refractivity contribution in [2.75, 3.05) is 0 Å². The fourth-order valence-electron chi connectivity index (χ4n) is 2.14. The van der Waals surface area contributed by atoms with Gasteiger partial charge in [0.2, 0.25) is 5.78 Å². The van der Waals surface area contributed by atoms with Gasteiger partial charge in [-0.15, -0.1) is 0 Å². The van der Waals surface area contributed by atoms with E-state index in [-0.39, 0.29) is 11.6 Å². The van der Waals surface area contributed by atoms with Crippen molar-refractivity contribution >= 4 is 11.6 Å². The number of halogens is 1. The number of fused-ring (bicyclic) bond motifs is 2. The maximum absolute atomic E-state index is 12.9. The number of hydrogen-bond acceptors (Lipinski definition) is 3. The van der Waals surface area contributed by atoms with Crippen LogP contribution in [0.15, 0.2) is 36.4 Å². The zero-order chi connectivity index (χ0) is 11.3. The second-order valence-electron chi connectivity index (χ2n) is 3.81. The molecule has 1 heterocycles. The highest BCUT2D eigenvalue weighted by Crippen LogP contribution is 2.34. The molecule has 80 valence electrons. The highest BCUT2D eigenvalue weighted by atomic mass is 19.1. The van der Waals surface area contributed by atoms with Gasteiger partial charge in [-0.2, -0.15) is 4.39 Å². The molecule has 1 aliphatic heterocycles. The van der Waals surface area contributed by atoms with Gasteiger partial charge in [-0.1, -0.05) is 24.3 Å². The predicted molar refractivity (Wildman–Crippen MR) is 52.7 cm³/mol. The van der Waals surface area contributed by atoms with E-state index < -0.39 is 18.0 Å². The highest BCUT2D eigenvalue weighted by molar-refractivity contribution is 6.18. The van der Waals surface area contributed by atoms with Crippen LogP contribution in [-0.2, 0) is 4.74 Å². The molecule has 0 saturated heterocycles. The third kappa shape index (κ3) is 1.07. The molecule has 0 amide bonds. The monoisotopic (exact) mass is 218 g/mol. The zero-order valence-electron chi connectivity index (χ0n) is 8.14. The molecule has 0 aromatic heterocycles. The van der Waals surface area contributed by atoms with E-state index in [9.17, 15) is 14.0 Å². The molecule has 3 rings (SSSR count). The first-order valence-electron chi connectivity index (χ1n) is 4.90. The van der Waals surface area contributed by atoms with Crippen LogP contribution in [0.2, 0.25) is 0 Å². The van der Waals surface area contributed by atoms with Crippen molar-refractivity contribution in [2.24, 2.45) is 5.92 Å². The van der Waals surface area contributed by atoms with E-state index in [1.807, 2.05) is 0 Å². The van der Waals surface area contributed by atoms with Crippen LogP contribution in [0.4, 0.5) is 4.39 Å². The topological polar surface area (TPSA) is 43.4 Å². The van der Waals surface area contributed by atoms with Gasteiger partial charge in [0.15, 0.2) is 11.9 Å². The van der Waals surface area contributed by atoms with Crippen molar-refractivity contribution in [3.63, 3.8) is 0 Å². The predicted octanol–water partition coefficient (Wildman–Crippen LogP) is 1.89. The number of carbonyl (C=O) groups excluding carboxylic acids is 2. The standard InChI is InChI=1S/C12H7FO3/c13-9-5-8-10(14)6-3-1-2-4-7(6)11(15)12(8)16-9/h1-5,8,12H. The van der Waals surface area contributed by atoms with Gasteiger partial charge in [-0.3, -0.25) is 9.59 Å². The molecule has 16 heavy (non-hydrogen) atoms. The summed E-state index contributed by atoms with van der Waals surface area (Å²) < 4.78 is 17.7. The number of Topliss-reactive ketones (excluding diaryl/α,β-unsaturated/α-hetero) is 2. The Morgan fingerprint density at radius 1 is 1.06 bits per heavy atom. The molecular formula is C12H7FO3. The lowest BCUT2D eigenvalue weighted by molar-refractivity contribution is 0.0448. The van der Waals surface area contributed by atoms with Crippen LogP contribution in [-0.4, -0.2) is 17.7 Å². The van der Waals surface area contributed by atoms with Crippen LogP contribution >= 0.6 is 0 Å². The van der Waals surface area contributed by atoms with Crippen LogP contribution in [0.25, 0.3) is 0 Å². The number of carbonyl (C=O) groups is 2. The molecule has 1 aliphatic carbocycles. The Hall–Kier alpha value is -1.97. The van der Waals surface area contributed by atoms with Gasteiger partial charge in [-0.05, 0) is 0 Å². The number of ketones is 2. The van der Waals surface area contributed by atoms with Gasteiger partial charge in [0.25, 0.3) is 6.01 Å². The summed E-state index contributed by atoms with van der Waals surface area (Å²) in [4.78, 5) is 23.9. The van der Waals surface area contributed by atoms with Gasteiger partial charge < -0.3 is 4.74 Å². The quantitative estimate of drug-likeness (QED) is 0.667. The van der Waals surface area contributed by atoms with Gasteiger partial charge in [0, 0.05) is 17.2 Å². The molecule has 0 saturated carbocycles. The van der Waals surface area contributed by atoms with E-state index in [1.165, 1.54) is 0 Å². The molecule has 4 heteroatoms. The Bertz CT molecular complexity index is 533. The van der Waals surface area contributed by atoms with Crippen LogP contribution in [0.1, 0.15) is 20.7 Å². The second-order valence-corrected chi connectivity index (χ2v) is 3.81. The average molecular weight is 218 g/mol. The molecule has 3 nitrogen and oxygen atoms in total. The van der Waals surface area contributed by atoms with E-state index in [1.54, 1.807) is 24.3 Å². The molecule has 0 bridgehead atoms. The minimum atomic E-state index is -1.01. The van der Waals surface area contributed by atoms with Crippen molar-refractivity contribution in [3.8, 4) is 0 Å². The van der Waals surface area contributed by atoms with E-state index in [0.717, 1.165) is 6.08 Å². The molecule has 0 N–H and O–H groups in total. The van der Waals surface area contributed by atoms with Crippen LogP contribution in [0.3, 0.4) is 0 Å². The van der Waals surface area contributed by atoms with Crippen molar-refractivity contribution in [1.82, 2.24) is 0 Å². The van der Waals surface area contributed by atoms with E-state index >= 15 is 0 Å². The Kier molecular flexibility index (Phi) is 1.74. The molecular weight excluding hydrogens is 211 g/mol. The summed E-state index contributed by atoms with van der Waals surface area (Å²) in [7, 11) is 0. The third-order valence-electron chi connectivity index (χ3n) is 2.90. The van der Waals surface area contributed by atoms with Crippen LogP contribution in [0, 0.1) is 5.92 Å². The Labute approximate surface area is 90.5 Å². The lowest BCUT2D eigenvalue weighted by Crippen LogP contribution is -2.38. The highest BCUT2D eigenvalue weighted by Gasteiger charge is 2.45. The molecule has 2 atom stereocenters. The van der Waals surface area contributed by atoms with E-state index in [2.05, 4.69) is 0 Å². The summed E-state index contributed by atoms with van der Waals surface area (Å²) in [6.07, 6.45) is 0.0586. The first-order chi connectivity index (χ1) is 7.68. The summed E-state index contributed by atoms with van der Waals surface area (Å²) in [5.74, 6) is -1.39. The molecule has 2 unspecified atom stereocenters. The number of rotatable bonds is 0. The van der Waals surface area contributed by atoms with Gasteiger partial charge in [0.1, 0.15) is 0 Å². The fourth-order valence-corrected chi connectivity index (χ4v) is 2.14. The molecule has 1 aromatic rings. The molecule has 2 aliphatic rings. The van der Waals surface area contributed by atoms with E-state index in [4.69, 9.17) is 4.74 Å². The van der Waals surface area contributed by atoms with Crippen molar-refractivity contribution in [3.05, 3.63) is 47.5 Å².